The molecule has 0 spiro atoms. The zero-order valence-electron chi connectivity index (χ0n) is 20.6. The number of nitrogens with zero attached hydrogens (tertiary/aromatic N) is 5. The number of piperazine rings is 1. The van der Waals surface area contributed by atoms with Crippen molar-refractivity contribution >= 4 is 27.8 Å². The van der Waals surface area contributed by atoms with E-state index in [0.29, 0.717) is 26.2 Å². The van der Waals surface area contributed by atoms with Gasteiger partial charge in [-0.1, -0.05) is 43.5 Å². The summed E-state index contributed by atoms with van der Waals surface area (Å²) in [5.74, 6) is 0.721. The maximum Gasteiger partial charge on any atom is 0.335 e. The molecule has 3 fully saturated rings. The molecule has 0 N–H and O–H groups in total. The van der Waals surface area contributed by atoms with Crippen molar-refractivity contribution < 1.29 is 18.0 Å². The Bertz CT molecular complexity index is 1210. The van der Waals surface area contributed by atoms with Gasteiger partial charge >= 0.3 is 6.03 Å². The van der Waals surface area contributed by atoms with Gasteiger partial charge in [0.2, 0.25) is 5.91 Å². The van der Waals surface area contributed by atoms with Crippen LogP contribution in [-0.2, 0) is 14.8 Å². The monoisotopic (exact) mass is 511 g/mol. The highest BCUT2D eigenvalue weighted by atomic mass is 32.2. The molecule has 2 aliphatic heterocycles. The van der Waals surface area contributed by atoms with Crippen molar-refractivity contribution in [3.05, 3.63) is 54.2 Å². The number of rotatable bonds is 5. The quantitative estimate of drug-likeness (QED) is 0.613. The Morgan fingerprint density at radius 1 is 0.917 bits per heavy atom. The lowest BCUT2D eigenvalue weighted by Crippen LogP contribution is -2.56. The summed E-state index contributed by atoms with van der Waals surface area (Å²) in [6.45, 7) is 4.09. The average Bonchev–Trinajstić information content (AvgIpc) is 3.27. The Kier molecular flexibility index (Phi) is 6.87. The molecule has 3 heterocycles. The van der Waals surface area contributed by atoms with Crippen molar-refractivity contribution in [2.75, 3.05) is 37.6 Å². The van der Waals surface area contributed by atoms with Gasteiger partial charge in [0, 0.05) is 37.9 Å². The molecule has 0 bridgehead atoms. The summed E-state index contributed by atoms with van der Waals surface area (Å²) in [5.41, 5.74) is 0.943. The van der Waals surface area contributed by atoms with Gasteiger partial charge in [-0.25, -0.2) is 22.5 Å². The highest BCUT2D eigenvalue weighted by Gasteiger charge is 2.50. The SMILES string of the molecule is Cc1cccc(N2CCN(C(=O)[C@@H]3CN(S(=O)(=O)c4ccccc4)C(=O)N3C3CCCCC3)CC2)n1. The number of carbonyl (C=O) groups excluding carboxylic acids is 2. The number of hydrogen-bond donors (Lipinski definition) is 0. The molecule has 3 amide bonds. The standard InChI is InChI=1S/C26H33N5O4S/c1-20-9-8-14-24(27-20)28-15-17-29(18-16-28)25(32)23-19-30(36(34,35)22-12-6-3-7-13-22)26(33)31(23)21-10-4-2-5-11-21/h3,6-9,12-14,21,23H,2,4-5,10-11,15-19H2,1H3/t23-/m0/s1. The van der Waals surface area contributed by atoms with Crippen LogP contribution < -0.4 is 4.90 Å². The van der Waals surface area contributed by atoms with Crippen LogP contribution in [0.3, 0.4) is 0 Å². The number of hydrogen-bond acceptors (Lipinski definition) is 6. The summed E-state index contributed by atoms with van der Waals surface area (Å²) in [7, 11) is -4.05. The Labute approximate surface area is 212 Å². The Morgan fingerprint density at radius 3 is 2.28 bits per heavy atom. The van der Waals surface area contributed by atoms with E-state index in [1.807, 2.05) is 25.1 Å². The van der Waals surface area contributed by atoms with Crippen LogP contribution in [0.2, 0.25) is 0 Å². The molecule has 0 radical (unpaired) electrons. The van der Waals surface area contributed by atoms with Gasteiger partial charge in [0.1, 0.15) is 11.9 Å². The molecule has 36 heavy (non-hydrogen) atoms. The minimum Gasteiger partial charge on any atom is -0.353 e. The first-order valence-electron chi connectivity index (χ1n) is 12.7. The minimum atomic E-state index is -4.05. The molecule has 1 aliphatic carbocycles. The number of pyridine rings is 1. The third-order valence-corrected chi connectivity index (χ3v) is 9.24. The summed E-state index contributed by atoms with van der Waals surface area (Å²) >= 11 is 0. The molecule has 5 rings (SSSR count). The summed E-state index contributed by atoms with van der Waals surface area (Å²) in [4.78, 5) is 37.5. The molecule has 1 atom stereocenters. The summed E-state index contributed by atoms with van der Waals surface area (Å²) in [6.07, 6.45) is 4.63. The second-order valence-electron chi connectivity index (χ2n) is 9.80. The van der Waals surface area contributed by atoms with E-state index in [0.717, 1.165) is 47.9 Å². The van der Waals surface area contributed by atoms with Crippen LogP contribution in [-0.4, -0.2) is 84.3 Å². The molecular weight excluding hydrogens is 478 g/mol. The Hall–Kier alpha value is -3.14. The molecule has 2 saturated heterocycles. The summed E-state index contributed by atoms with van der Waals surface area (Å²) in [6, 6.07) is 12.4. The molecule has 9 nitrogen and oxygen atoms in total. The van der Waals surface area contributed by atoms with Gasteiger partial charge in [-0.3, -0.25) is 4.79 Å². The van der Waals surface area contributed by atoms with Crippen molar-refractivity contribution in [3.63, 3.8) is 0 Å². The smallest absolute Gasteiger partial charge is 0.335 e. The molecule has 0 unspecified atom stereocenters. The number of urea groups is 1. The predicted molar refractivity (Wildman–Crippen MR) is 136 cm³/mol. The average molecular weight is 512 g/mol. The maximum absolute atomic E-state index is 13.8. The lowest BCUT2D eigenvalue weighted by Gasteiger charge is -2.39. The number of anilines is 1. The van der Waals surface area contributed by atoms with E-state index in [4.69, 9.17) is 0 Å². The molecule has 3 aliphatic rings. The fraction of sp³-hybridized carbons (Fsp3) is 0.500. The zero-order chi connectivity index (χ0) is 25.3. The van der Waals surface area contributed by atoms with Gasteiger partial charge in [-0.05, 0) is 44.0 Å². The van der Waals surface area contributed by atoms with Gasteiger partial charge < -0.3 is 14.7 Å². The molecule has 10 heteroatoms. The molecule has 1 aromatic heterocycles. The number of carbonyl (C=O) groups is 2. The van der Waals surface area contributed by atoms with Gasteiger partial charge in [0.25, 0.3) is 10.0 Å². The van der Waals surface area contributed by atoms with Crippen LogP contribution in [0, 0.1) is 6.92 Å². The molecular formula is C26H33N5O4S. The predicted octanol–water partition coefficient (Wildman–Crippen LogP) is 2.87. The zero-order valence-corrected chi connectivity index (χ0v) is 21.4. The number of benzene rings is 1. The first kappa shape index (κ1) is 24.5. The van der Waals surface area contributed by atoms with Crippen molar-refractivity contribution in [3.8, 4) is 0 Å². The van der Waals surface area contributed by atoms with Crippen LogP contribution in [0.15, 0.2) is 53.4 Å². The van der Waals surface area contributed by atoms with E-state index in [2.05, 4.69) is 9.88 Å². The highest BCUT2D eigenvalue weighted by molar-refractivity contribution is 7.89. The van der Waals surface area contributed by atoms with E-state index in [1.165, 1.54) is 12.1 Å². The van der Waals surface area contributed by atoms with Crippen molar-refractivity contribution in [1.82, 2.24) is 19.1 Å². The van der Waals surface area contributed by atoms with Gasteiger partial charge in [0.15, 0.2) is 0 Å². The number of aromatic nitrogens is 1. The maximum atomic E-state index is 13.8. The fourth-order valence-corrected chi connectivity index (χ4v) is 6.94. The van der Waals surface area contributed by atoms with E-state index >= 15 is 0 Å². The van der Waals surface area contributed by atoms with Crippen molar-refractivity contribution in [2.45, 2.75) is 56.0 Å². The van der Waals surface area contributed by atoms with Gasteiger partial charge in [-0.2, -0.15) is 0 Å². The van der Waals surface area contributed by atoms with E-state index in [9.17, 15) is 18.0 Å². The fourth-order valence-electron chi connectivity index (χ4n) is 5.54. The third-order valence-electron chi connectivity index (χ3n) is 7.48. The number of sulfonamides is 1. The van der Waals surface area contributed by atoms with Gasteiger partial charge in [-0.15, -0.1) is 0 Å². The second-order valence-corrected chi connectivity index (χ2v) is 11.7. The van der Waals surface area contributed by atoms with Gasteiger partial charge in [0.05, 0.1) is 11.4 Å². The summed E-state index contributed by atoms with van der Waals surface area (Å²) in [5, 5.41) is 0. The van der Waals surface area contributed by atoms with E-state index < -0.39 is 22.1 Å². The van der Waals surface area contributed by atoms with Crippen LogP contribution in [0.1, 0.15) is 37.8 Å². The molecule has 2 aromatic rings. The van der Waals surface area contributed by atoms with E-state index in [1.54, 1.807) is 28.0 Å². The van der Waals surface area contributed by atoms with E-state index in [-0.39, 0.29) is 23.4 Å². The summed E-state index contributed by atoms with van der Waals surface area (Å²) < 4.78 is 27.7. The third kappa shape index (κ3) is 4.66. The number of amides is 3. The lowest BCUT2D eigenvalue weighted by molar-refractivity contribution is -0.136. The Morgan fingerprint density at radius 2 is 1.61 bits per heavy atom. The normalized spacial score (nSPS) is 21.8. The second kappa shape index (κ2) is 10.1. The molecule has 1 saturated carbocycles. The Balaban J connectivity index is 1.36. The first-order valence-corrected chi connectivity index (χ1v) is 14.2. The van der Waals surface area contributed by atoms with Crippen molar-refractivity contribution in [1.29, 1.82) is 0 Å². The van der Waals surface area contributed by atoms with Crippen LogP contribution in [0.25, 0.3) is 0 Å². The van der Waals surface area contributed by atoms with Crippen LogP contribution in [0.4, 0.5) is 10.6 Å². The first-order chi connectivity index (χ1) is 17.4. The minimum absolute atomic E-state index is 0.0642. The molecule has 1 aromatic carbocycles. The topological polar surface area (TPSA) is 94.1 Å². The number of aryl methyl sites for hydroxylation is 1. The highest BCUT2D eigenvalue weighted by Crippen LogP contribution is 2.32. The lowest BCUT2D eigenvalue weighted by atomic mass is 9.93. The largest absolute Gasteiger partial charge is 0.353 e. The van der Waals surface area contributed by atoms with Crippen molar-refractivity contribution in [2.24, 2.45) is 0 Å². The molecule has 192 valence electrons. The van der Waals surface area contributed by atoms with Crippen LogP contribution in [0.5, 0.6) is 0 Å². The van der Waals surface area contributed by atoms with Crippen LogP contribution >= 0.6 is 0 Å².